The van der Waals surface area contributed by atoms with Crippen LogP contribution >= 0.6 is 0 Å². The number of hydrogen-bond donors (Lipinski definition) is 0. The number of hydrogen-bond acceptors (Lipinski definition) is 2. The smallest absolute Gasteiger partial charge is 0.302 e. The van der Waals surface area contributed by atoms with Gasteiger partial charge in [-0.2, -0.15) is 0 Å². The summed E-state index contributed by atoms with van der Waals surface area (Å²) in [6.45, 7) is 3.90. The van der Waals surface area contributed by atoms with E-state index in [1.54, 1.807) is 0 Å². The Morgan fingerprint density at radius 2 is 2.08 bits per heavy atom. The molecule has 0 heterocycles. The zero-order chi connectivity index (χ0) is 9.23. The van der Waals surface area contributed by atoms with Crippen LogP contribution in [0.15, 0.2) is 24.3 Å². The largest absolute Gasteiger partial charge is 0.466 e. The number of rotatable bonds is 5. The summed E-state index contributed by atoms with van der Waals surface area (Å²) in [5, 5.41) is 0. The van der Waals surface area contributed by atoms with Crippen molar-refractivity contribution in [3.8, 4) is 0 Å². The van der Waals surface area contributed by atoms with Gasteiger partial charge in [0.05, 0.1) is 6.61 Å². The molecule has 68 valence electrons. The number of allylic oxidation sites excluding steroid dienone is 3. The zero-order valence-corrected chi connectivity index (χ0v) is 7.75. The number of ether oxygens (including phenoxy) is 1. The predicted octanol–water partition coefficient (Wildman–Crippen LogP) is 2.46. The molecule has 0 aromatic heterocycles. The SMILES string of the molecule is CC=CCC=CCCOC(C)=O. The molecule has 12 heavy (non-hydrogen) atoms. The number of esters is 1. The van der Waals surface area contributed by atoms with Crippen molar-refractivity contribution in [2.24, 2.45) is 0 Å². The molecular formula is C10H16O2. The van der Waals surface area contributed by atoms with Crippen LogP contribution in [0.4, 0.5) is 0 Å². The van der Waals surface area contributed by atoms with Crippen molar-refractivity contribution in [2.45, 2.75) is 26.7 Å². The van der Waals surface area contributed by atoms with E-state index in [1.807, 2.05) is 19.1 Å². The maximum Gasteiger partial charge on any atom is 0.302 e. The van der Waals surface area contributed by atoms with Crippen LogP contribution in [0.1, 0.15) is 26.7 Å². The minimum absolute atomic E-state index is 0.211. The molecule has 0 aromatic carbocycles. The quantitative estimate of drug-likeness (QED) is 0.358. The normalized spacial score (nSPS) is 11.2. The third-order valence-corrected chi connectivity index (χ3v) is 1.26. The van der Waals surface area contributed by atoms with Crippen LogP contribution in [-0.4, -0.2) is 12.6 Å². The molecular weight excluding hydrogens is 152 g/mol. The minimum atomic E-state index is -0.211. The third-order valence-electron chi connectivity index (χ3n) is 1.26. The lowest BCUT2D eigenvalue weighted by Crippen LogP contribution is -1.98. The summed E-state index contributed by atoms with van der Waals surface area (Å²) in [5.74, 6) is -0.211. The Bertz CT molecular complexity index is 169. The summed E-state index contributed by atoms with van der Waals surface area (Å²) < 4.78 is 4.74. The van der Waals surface area contributed by atoms with Crippen molar-refractivity contribution in [3.63, 3.8) is 0 Å². The van der Waals surface area contributed by atoms with Gasteiger partial charge in [-0.25, -0.2) is 0 Å². The van der Waals surface area contributed by atoms with Crippen molar-refractivity contribution >= 4 is 5.97 Å². The van der Waals surface area contributed by atoms with Crippen LogP contribution in [0, 0.1) is 0 Å². The van der Waals surface area contributed by atoms with Crippen LogP contribution in [0.5, 0.6) is 0 Å². The lowest BCUT2D eigenvalue weighted by atomic mass is 10.3. The first-order valence-electron chi connectivity index (χ1n) is 4.17. The van der Waals surface area contributed by atoms with Gasteiger partial charge >= 0.3 is 5.97 Å². The third kappa shape index (κ3) is 8.95. The number of carbonyl (C=O) groups is 1. The Hall–Kier alpha value is -1.05. The molecule has 0 N–H and O–H groups in total. The van der Waals surface area contributed by atoms with E-state index < -0.39 is 0 Å². The molecule has 0 fully saturated rings. The van der Waals surface area contributed by atoms with Gasteiger partial charge in [-0.1, -0.05) is 24.3 Å². The highest BCUT2D eigenvalue weighted by Crippen LogP contribution is 1.90. The van der Waals surface area contributed by atoms with E-state index in [2.05, 4.69) is 12.2 Å². The Morgan fingerprint density at radius 1 is 1.33 bits per heavy atom. The van der Waals surface area contributed by atoms with Gasteiger partial charge in [0, 0.05) is 6.92 Å². The molecule has 0 spiro atoms. The second-order valence-corrected chi connectivity index (χ2v) is 2.40. The second-order valence-electron chi connectivity index (χ2n) is 2.40. The summed E-state index contributed by atoms with van der Waals surface area (Å²) in [6, 6.07) is 0. The molecule has 0 aliphatic rings. The first kappa shape index (κ1) is 11.0. The monoisotopic (exact) mass is 168 g/mol. The molecule has 0 aliphatic heterocycles. The van der Waals surface area contributed by atoms with Gasteiger partial charge in [0.2, 0.25) is 0 Å². The molecule has 0 bridgehead atoms. The maximum atomic E-state index is 10.3. The average Bonchev–Trinajstić information content (AvgIpc) is 2.02. The van der Waals surface area contributed by atoms with Gasteiger partial charge in [-0.05, 0) is 19.8 Å². The topological polar surface area (TPSA) is 26.3 Å². The van der Waals surface area contributed by atoms with E-state index in [4.69, 9.17) is 4.74 Å². The standard InChI is InChI=1S/C10H16O2/c1-3-4-5-6-7-8-9-12-10(2)11/h3-4,6-7H,5,8-9H2,1-2H3. The van der Waals surface area contributed by atoms with Gasteiger partial charge in [0.1, 0.15) is 0 Å². The fourth-order valence-corrected chi connectivity index (χ4v) is 0.699. The van der Waals surface area contributed by atoms with Crippen LogP contribution in [0.3, 0.4) is 0 Å². The average molecular weight is 168 g/mol. The zero-order valence-electron chi connectivity index (χ0n) is 7.75. The second kappa shape index (κ2) is 8.05. The van der Waals surface area contributed by atoms with Crippen LogP contribution in [0.2, 0.25) is 0 Å². The van der Waals surface area contributed by atoms with Crippen molar-refractivity contribution in [2.75, 3.05) is 6.61 Å². The van der Waals surface area contributed by atoms with Crippen molar-refractivity contribution in [1.29, 1.82) is 0 Å². The molecule has 0 saturated heterocycles. The fraction of sp³-hybridized carbons (Fsp3) is 0.500. The van der Waals surface area contributed by atoms with Gasteiger partial charge in [0.15, 0.2) is 0 Å². The van der Waals surface area contributed by atoms with E-state index in [1.165, 1.54) is 6.92 Å². The molecule has 0 amide bonds. The van der Waals surface area contributed by atoms with E-state index in [0.29, 0.717) is 6.61 Å². The Morgan fingerprint density at radius 3 is 2.67 bits per heavy atom. The van der Waals surface area contributed by atoms with Gasteiger partial charge in [-0.3, -0.25) is 4.79 Å². The van der Waals surface area contributed by atoms with Crippen LogP contribution in [-0.2, 0) is 9.53 Å². The summed E-state index contributed by atoms with van der Waals surface area (Å²) in [6.07, 6.45) is 9.92. The molecule has 0 unspecified atom stereocenters. The molecule has 0 radical (unpaired) electrons. The van der Waals surface area contributed by atoms with Crippen molar-refractivity contribution in [1.82, 2.24) is 0 Å². The highest BCUT2D eigenvalue weighted by atomic mass is 16.5. The highest BCUT2D eigenvalue weighted by Gasteiger charge is 1.87. The first-order valence-corrected chi connectivity index (χ1v) is 4.17. The molecule has 0 aromatic rings. The fourth-order valence-electron chi connectivity index (χ4n) is 0.699. The van der Waals surface area contributed by atoms with Crippen LogP contribution < -0.4 is 0 Å². The summed E-state index contributed by atoms with van der Waals surface area (Å²) in [7, 11) is 0. The Balaban J connectivity index is 3.19. The summed E-state index contributed by atoms with van der Waals surface area (Å²) in [5.41, 5.74) is 0. The van der Waals surface area contributed by atoms with Crippen molar-refractivity contribution < 1.29 is 9.53 Å². The first-order chi connectivity index (χ1) is 5.77. The van der Waals surface area contributed by atoms with E-state index in [-0.39, 0.29) is 5.97 Å². The Kier molecular flexibility index (Phi) is 7.35. The Labute approximate surface area is 73.9 Å². The van der Waals surface area contributed by atoms with E-state index >= 15 is 0 Å². The lowest BCUT2D eigenvalue weighted by molar-refractivity contribution is -0.140. The summed E-state index contributed by atoms with van der Waals surface area (Å²) >= 11 is 0. The van der Waals surface area contributed by atoms with Crippen LogP contribution in [0.25, 0.3) is 0 Å². The maximum absolute atomic E-state index is 10.3. The van der Waals surface area contributed by atoms with Crippen molar-refractivity contribution in [3.05, 3.63) is 24.3 Å². The van der Waals surface area contributed by atoms with Gasteiger partial charge in [0.25, 0.3) is 0 Å². The summed E-state index contributed by atoms with van der Waals surface area (Å²) in [4.78, 5) is 10.3. The lowest BCUT2D eigenvalue weighted by Gasteiger charge is -1.95. The molecule has 2 nitrogen and oxygen atoms in total. The van der Waals surface area contributed by atoms with E-state index in [9.17, 15) is 4.79 Å². The minimum Gasteiger partial charge on any atom is -0.466 e. The molecule has 0 aliphatic carbocycles. The number of carbonyl (C=O) groups excluding carboxylic acids is 1. The molecule has 0 rings (SSSR count). The van der Waals surface area contributed by atoms with Gasteiger partial charge in [-0.15, -0.1) is 0 Å². The predicted molar refractivity (Wildman–Crippen MR) is 49.8 cm³/mol. The molecule has 2 heteroatoms. The van der Waals surface area contributed by atoms with E-state index in [0.717, 1.165) is 12.8 Å². The molecule has 0 saturated carbocycles. The highest BCUT2D eigenvalue weighted by molar-refractivity contribution is 5.65. The molecule has 0 atom stereocenters. The van der Waals surface area contributed by atoms with Gasteiger partial charge < -0.3 is 4.74 Å².